The maximum Gasteiger partial charge on any atom is 0.248 e. The van der Waals surface area contributed by atoms with Crippen LogP contribution in [-0.4, -0.2) is 15.7 Å². The molecule has 0 radical (unpaired) electrons. The van der Waals surface area contributed by atoms with Gasteiger partial charge in [-0.25, -0.2) is 13.5 Å². The fourth-order valence-electron chi connectivity index (χ4n) is 2.84. The van der Waals surface area contributed by atoms with E-state index in [-0.39, 0.29) is 25.7 Å². The number of nitrogens with two attached hydrogens (primary N) is 1. The molecule has 1 aromatic heterocycles. The number of hydrogen-bond acceptors (Lipinski definition) is 2. The molecule has 1 saturated carbocycles. The van der Waals surface area contributed by atoms with E-state index in [1.54, 1.807) is 10.9 Å². The molecule has 2 N–H and O–H groups in total. The van der Waals surface area contributed by atoms with Gasteiger partial charge in [0.1, 0.15) is 0 Å². The van der Waals surface area contributed by atoms with Crippen molar-refractivity contribution in [2.24, 2.45) is 5.73 Å². The molecule has 0 atom stereocenters. The zero-order valence-electron chi connectivity index (χ0n) is 11.1. The van der Waals surface area contributed by atoms with E-state index in [1.165, 1.54) is 0 Å². The van der Waals surface area contributed by atoms with Crippen molar-refractivity contribution in [3.8, 4) is 5.69 Å². The van der Waals surface area contributed by atoms with Gasteiger partial charge in [-0.1, -0.05) is 18.2 Å². The molecule has 3 nitrogen and oxygen atoms in total. The molecule has 1 heterocycles. The van der Waals surface area contributed by atoms with Crippen LogP contribution in [0.25, 0.3) is 5.69 Å². The Kier molecular flexibility index (Phi) is 3.09. The second kappa shape index (κ2) is 4.66. The molecular formula is C15H17F2N3. The van der Waals surface area contributed by atoms with E-state index < -0.39 is 11.5 Å². The molecule has 1 aliphatic carbocycles. The van der Waals surface area contributed by atoms with Crippen LogP contribution < -0.4 is 5.73 Å². The monoisotopic (exact) mass is 277 g/mol. The Labute approximate surface area is 116 Å². The van der Waals surface area contributed by atoms with Crippen LogP contribution >= 0.6 is 0 Å². The van der Waals surface area contributed by atoms with E-state index in [2.05, 4.69) is 5.10 Å². The van der Waals surface area contributed by atoms with Crippen LogP contribution in [0.3, 0.4) is 0 Å². The van der Waals surface area contributed by atoms with Crippen LogP contribution in [0.1, 0.15) is 31.2 Å². The molecule has 0 unspecified atom stereocenters. The molecule has 20 heavy (non-hydrogen) atoms. The molecule has 2 aromatic rings. The van der Waals surface area contributed by atoms with Gasteiger partial charge >= 0.3 is 0 Å². The second-order valence-electron chi connectivity index (χ2n) is 5.48. The van der Waals surface area contributed by atoms with E-state index in [9.17, 15) is 8.78 Å². The summed E-state index contributed by atoms with van der Waals surface area (Å²) in [5.74, 6) is -2.58. The Morgan fingerprint density at radius 2 is 1.75 bits per heavy atom. The molecule has 0 aliphatic heterocycles. The van der Waals surface area contributed by atoms with Gasteiger partial charge in [0.05, 0.1) is 5.69 Å². The summed E-state index contributed by atoms with van der Waals surface area (Å²) in [6.45, 7) is 0. The maximum absolute atomic E-state index is 13.4. The van der Waals surface area contributed by atoms with Crippen molar-refractivity contribution >= 4 is 0 Å². The summed E-state index contributed by atoms with van der Waals surface area (Å²) >= 11 is 0. The molecule has 3 rings (SSSR count). The molecule has 0 saturated heterocycles. The minimum absolute atomic E-state index is 0.156. The van der Waals surface area contributed by atoms with Crippen LogP contribution in [0.4, 0.5) is 8.78 Å². The van der Waals surface area contributed by atoms with E-state index in [0.717, 1.165) is 11.3 Å². The summed E-state index contributed by atoms with van der Waals surface area (Å²) in [4.78, 5) is 0. The number of hydrogen-bond donors (Lipinski definition) is 1. The first-order valence-electron chi connectivity index (χ1n) is 6.76. The summed E-state index contributed by atoms with van der Waals surface area (Å²) in [6, 6.07) is 9.46. The lowest BCUT2D eigenvalue weighted by Crippen LogP contribution is -2.44. The molecule has 106 valence electrons. The number of rotatable bonds is 2. The molecule has 1 aromatic carbocycles. The summed E-state index contributed by atoms with van der Waals surface area (Å²) in [6.07, 6.45) is 3.79. The predicted octanol–water partition coefficient (Wildman–Crippen LogP) is 3.24. The van der Waals surface area contributed by atoms with Crippen LogP contribution in [0.2, 0.25) is 0 Å². The lowest BCUT2D eigenvalue weighted by atomic mass is 9.75. The molecule has 0 amide bonds. The molecule has 1 aliphatic rings. The van der Waals surface area contributed by atoms with Crippen molar-refractivity contribution in [1.29, 1.82) is 0 Å². The van der Waals surface area contributed by atoms with Gasteiger partial charge in [0.25, 0.3) is 0 Å². The Morgan fingerprint density at radius 3 is 2.40 bits per heavy atom. The Hall–Kier alpha value is -1.75. The van der Waals surface area contributed by atoms with E-state index in [4.69, 9.17) is 5.73 Å². The standard InChI is InChI=1S/C15H17F2N3/c16-15(17)8-6-14(18,7-9-15)12-4-1-2-5-13(12)20-11-3-10-19-20/h1-5,10-11H,6-9,18H2. The Balaban J connectivity index is 1.99. The lowest BCUT2D eigenvalue weighted by molar-refractivity contribution is -0.0514. The molecule has 5 heteroatoms. The van der Waals surface area contributed by atoms with Crippen LogP contribution in [-0.2, 0) is 5.54 Å². The first-order valence-corrected chi connectivity index (χ1v) is 6.76. The van der Waals surface area contributed by atoms with Gasteiger partial charge in [-0.2, -0.15) is 5.10 Å². The topological polar surface area (TPSA) is 43.8 Å². The minimum atomic E-state index is -2.58. The van der Waals surface area contributed by atoms with Gasteiger partial charge in [-0.05, 0) is 30.5 Å². The van der Waals surface area contributed by atoms with E-state index >= 15 is 0 Å². The third kappa shape index (κ3) is 2.33. The minimum Gasteiger partial charge on any atom is -0.321 e. The van der Waals surface area contributed by atoms with Gasteiger partial charge in [0.15, 0.2) is 0 Å². The van der Waals surface area contributed by atoms with Gasteiger partial charge < -0.3 is 5.73 Å². The van der Waals surface area contributed by atoms with Crippen molar-refractivity contribution < 1.29 is 8.78 Å². The zero-order chi connectivity index (χ0) is 14.2. The summed E-state index contributed by atoms with van der Waals surface area (Å²) in [5, 5.41) is 4.21. The Morgan fingerprint density at radius 1 is 1.05 bits per heavy atom. The highest BCUT2D eigenvalue weighted by Gasteiger charge is 2.43. The normalized spacial score (nSPS) is 20.8. The van der Waals surface area contributed by atoms with Crippen LogP contribution in [0.15, 0.2) is 42.7 Å². The highest BCUT2D eigenvalue weighted by Crippen LogP contribution is 2.43. The zero-order valence-corrected chi connectivity index (χ0v) is 11.1. The SMILES string of the molecule is NC1(c2ccccc2-n2cccn2)CCC(F)(F)CC1. The summed E-state index contributed by atoms with van der Waals surface area (Å²) < 4.78 is 28.5. The smallest absolute Gasteiger partial charge is 0.248 e. The predicted molar refractivity (Wildman–Crippen MR) is 72.8 cm³/mol. The van der Waals surface area contributed by atoms with Crippen LogP contribution in [0, 0.1) is 0 Å². The fraction of sp³-hybridized carbons (Fsp3) is 0.400. The largest absolute Gasteiger partial charge is 0.321 e. The van der Waals surface area contributed by atoms with E-state index in [0.29, 0.717) is 0 Å². The maximum atomic E-state index is 13.4. The van der Waals surface area contributed by atoms with Crippen molar-refractivity contribution in [3.05, 3.63) is 48.3 Å². The van der Waals surface area contributed by atoms with Gasteiger partial charge in [0, 0.05) is 30.8 Å². The third-order valence-corrected chi connectivity index (χ3v) is 4.07. The highest BCUT2D eigenvalue weighted by molar-refractivity contribution is 5.45. The second-order valence-corrected chi connectivity index (χ2v) is 5.48. The van der Waals surface area contributed by atoms with Crippen molar-refractivity contribution in [3.63, 3.8) is 0 Å². The third-order valence-electron chi connectivity index (χ3n) is 4.07. The summed E-state index contributed by atoms with van der Waals surface area (Å²) in [5.41, 5.74) is 7.48. The number of aromatic nitrogens is 2. The fourth-order valence-corrected chi connectivity index (χ4v) is 2.84. The van der Waals surface area contributed by atoms with Crippen molar-refractivity contribution in [1.82, 2.24) is 9.78 Å². The average Bonchev–Trinajstić information content (AvgIpc) is 2.97. The van der Waals surface area contributed by atoms with Gasteiger partial charge in [-0.3, -0.25) is 0 Å². The lowest BCUT2D eigenvalue weighted by Gasteiger charge is -2.38. The van der Waals surface area contributed by atoms with Gasteiger partial charge in [0.2, 0.25) is 5.92 Å². The first kappa shape index (κ1) is 13.2. The summed E-state index contributed by atoms with van der Waals surface area (Å²) in [7, 11) is 0. The molecule has 0 spiro atoms. The quantitative estimate of drug-likeness (QED) is 0.915. The van der Waals surface area contributed by atoms with Crippen molar-refractivity contribution in [2.75, 3.05) is 0 Å². The number of halogens is 2. The van der Waals surface area contributed by atoms with E-state index in [1.807, 2.05) is 36.5 Å². The van der Waals surface area contributed by atoms with Crippen molar-refractivity contribution in [2.45, 2.75) is 37.1 Å². The van der Waals surface area contributed by atoms with Crippen LogP contribution in [0.5, 0.6) is 0 Å². The first-order chi connectivity index (χ1) is 9.50. The number of para-hydroxylation sites is 1. The number of nitrogens with zero attached hydrogens (tertiary/aromatic N) is 2. The molecular weight excluding hydrogens is 260 g/mol. The number of benzene rings is 1. The highest BCUT2D eigenvalue weighted by atomic mass is 19.3. The Bertz CT molecular complexity index is 583. The number of alkyl halides is 2. The molecule has 1 fully saturated rings. The molecule has 0 bridgehead atoms. The van der Waals surface area contributed by atoms with Gasteiger partial charge in [-0.15, -0.1) is 0 Å². The average molecular weight is 277 g/mol.